The number of H-pyrrole nitrogens is 1. The zero-order valence-electron chi connectivity index (χ0n) is 10.6. The second-order valence-electron chi connectivity index (χ2n) is 4.03. The number of pyridine rings is 1. The number of rotatable bonds is 5. The van der Waals surface area contributed by atoms with E-state index in [1.165, 1.54) is 18.3 Å². The Morgan fingerprint density at radius 2 is 2.20 bits per heavy atom. The summed E-state index contributed by atoms with van der Waals surface area (Å²) in [6.07, 6.45) is 4.60. The van der Waals surface area contributed by atoms with Crippen LogP contribution in [0.4, 0.5) is 0 Å². The third-order valence-corrected chi connectivity index (χ3v) is 4.32. The molecule has 0 aliphatic rings. The number of hydrogen-bond acceptors (Lipinski definition) is 5. The van der Waals surface area contributed by atoms with E-state index in [0.29, 0.717) is 5.82 Å². The van der Waals surface area contributed by atoms with E-state index < -0.39 is 16.1 Å². The number of hydrogen-bond donors (Lipinski definition) is 3. The van der Waals surface area contributed by atoms with Crippen LogP contribution in [0.1, 0.15) is 24.5 Å². The molecule has 9 heteroatoms. The van der Waals surface area contributed by atoms with Gasteiger partial charge < -0.3 is 10.7 Å². The Bertz CT molecular complexity index is 712. The van der Waals surface area contributed by atoms with Crippen LogP contribution in [0, 0.1) is 0 Å². The van der Waals surface area contributed by atoms with Crippen LogP contribution in [-0.2, 0) is 10.0 Å². The molecular formula is C11H13N5O2S2. The summed E-state index contributed by atoms with van der Waals surface area (Å²) in [5.74, 6) is 0.509. The zero-order valence-corrected chi connectivity index (χ0v) is 12.2. The van der Waals surface area contributed by atoms with E-state index in [4.69, 9.17) is 18.0 Å². The number of nitrogens with one attached hydrogen (secondary N) is 2. The summed E-state index contributed by atoms with van der Waals surface area (Å²) < 4.78 is 27.2. The van der Waals surface area contributed by atoms with Crippen molar-refractivity contribution >= 4 is 27.2 Å². The van der Waals surface area contributed by atoms with E-state index in [1.807, 2.05) is 0 Å². The van der Waals surface area contributed by atoms with Crippen LogP contribution < -0.4 is 10.5 Å². The number of nitrogens with zero attached hydrogens (tertiary/aromatic N) is 2. The van der Waals surface area contributed by atoms with Crippen molar-refractivity contribution in [2.24, 2.45) is 5.73 Å². The third-order valence-electron chi connectivity index (χ3n) is 2.56. The number of aromatic amines is 1. The van der Waals surface area contributed by atoms with Crippen LogP contribution in [0.3, 0.4) is 0 Å². The van der Waals surface area contributed by atoms with Gasteiger partial charge in [0.05, 0.1) is 6.04 Å². The van der Waals surface area contributed by atoms with Gasteiger partial charge in [0.15, 0.2) is 0 Å². The highest BCUT2D eigenvalue weighted by atomic mass is 32.2. The molecular weight excluding hydrogens is 298 g/mol. The third kappa shape index (κ3) is 3.00. The predicted molar refractivity (Wildman–Crippen MR) is 77.4 cm³/mol. The van der Waals surface area contributed by atoms with Gasteiger partial charge in [0.2, 0.25) is 10.0 Å². The molecule has 0 saturated heterocycles. The van der Waals surface area contributed by atoms with E-state index in [1.54, 1.807) is 19.3 Å². The predicted octanol–water partition coefficient (Wildman–Crippen LogP) is 0.478. The van der Waals surface area contributed by atoms with Gasteiger partial charge in [0.25, 0.3) is 0 Å². The molecule has 20 heavy (non-hydrogen) atoms. The first-order valence-corrected chi connectivity index (χ1v) is 7.57. The quantitative estimate of drug-likeness (QED) is 0.692. The summed E-state index contributed by atoms with van der Waals surface area (Å²) in [4.78, 5) is 10.6. The molecule has 2 heterocycles. The van der Waals surface area contributed by atoms with Crippen molar-refractivity contribution in [3.63, 3.8) is 0 Å². The summed E-state index contributed by atoms with van der Waals surface area (Å²) in [5, 5.41) is 0. The molecule has 0 saturated carbocycles. The molecule has 1 unspecified atom stereocenters. The van der Waals surface area contributed by atoms with Crippen LogP contribution in [0.2, 0.25) is 0 Å². The van der Waals surface area contributed by atoms with E-state index in [0.717, 1.165) is 0 Å². The Morgan fingerprint density at radius 1 is 1.45 bits per heavy atom. The monoisotopic (exact) mass is 311 g/mol. The van der Waals surface area contributed by atoms with Crippen LogP contribution in [-0.4, -0.2) is 28.4 Å². The fourth-order valence-corrected chi connectivity index (χ4v) is 3.26. The van der Waals surface area contributed by atoms with Gasteiger partial charge in [-0.25, -0.2) is 18.1 Å². The molecule has 2 rings (SSSR count). The highest BCUT2D eigenvalue weighted by Gasteiger charge is 2.23. The summed E-state index contributed by atoms with van der Waals surface area (Å²) in [6.45, 7) is 1.67. The molecule has 2 aromatic heterocycles. The standard InChI is InChI=1S/C11H13N5O2S2/c1-7(11-14-5-6-15-11)16-20(17,18)8-3-2-4-13-9(8)10(12)19/h2-7,16H,1H3,(H2,12,19)(H,14,15). The summed E-state index contributed by atoms with van der Waals surface area (Å²) in [7, 11) is -3.80. The topological polar surface area (TPSA) is 114 Å². The molecule has 0 spiro atoms. The van der Waals surface area contributed by atoms with E-state index in [-0.39, 0.29) is 15.6 Å². The van der Waals surface area contributed by atoms with Crippen LogP contribution >= 0.6 is 12.2 Å². The minimum absolute atomic E-state index is 0.0501. The van der Waals surface area contributed by atoms with Crippen molar-refractivity contribution in [2.75, 3.05) is 0 Å². The minimum atomic E-state index is -3.80. The molecule has 0 bridgehead atoms. The maximum atomic E-state index is 12.4. The number of nitrogens with two attached hydrogens (primary N) is 1. The van der Waals surface area contributed by atoms with Gasteiger partial charge in [-0.3, -0.25) is 4.98 Å². The van der Waals surface area contributed by atoms with Crippen molar-refractivity contribution in [3.05, 3.63) is 42.2 Å². The lowest BCUT2D eigenvalue weighted by Crippen LogP contribution is -2.30. The molecule has 0 aliphatic heterocycles. The Balaban J connectivity index is 2.34. The lowest BCUT2D eigenvalue weighted by molar-refractivity contribution is 0.560. The maximum Gasteiger partial charge on any atom is 0.243 e. The first kappa shape index (κ1) is 14.6. The van der Waals surface area contributed by atoms with Crippen molar-refractivity contribution in [1.29, 1.82) is 0 Å². The second kappa shape index (κ2) is 5.65. The number of sulfonamides is 1. The SMILES string of the molecule is CC(NS(=O)(=O)c1cccnc1C(N)=S)c1ncc[nH]1. The van der Waals surface area contributed by atoms with Gasteiger partial charge in [-0.15, -0.1) is 0 Å². The normalized spacial score (nSPS) is 13.1. The van der Waals surface area contributed by atoms with Gasteiger partial charge in [0.1, 0.15) is 21.4 Å². The van der Waals surface area contributed by atoms with Crippen LogP contribution in [0.5, 0.6) is 0 Å². The summed E-state index contributed by atoms with van der Waals surface area (Å²) in [6, 6.07) is 2.39. The summed E-state index contributed by atoms with van der Waals surface area (Å²) in [5.41, 5.74) is 5.57. The van der Waals surface area contributed by atoms with Crippen molar-refractivity contribution in [2.45, 2.75) is 17.9 Å². The number of aromatic nitrogens is 3. The second-order valence-corrected chi connectivity index (χ2v) is 6.15. The first-order chi connectivity index (χ1) is 9.42. The molecule has 7 nitrogen and oxygen atoms in total. The fraction of sp³-hybridized carbons (Fsp3) is 0.182. The number of thiocarbonyl (C=S) groups is 1. The van der Waals surface area contributed by atoms with Crippen molar-refractivity contribution in [3.8, 4) is 0 Å². The molecule has 0 amide bonds. The Morgan fingerprint density at radius 3 is 2.80 bits per heavy atom. The zero-order chi connectivity index (χ0) is 14.8. The average molecular weight is 311 g/mol. The largest absolute Gasteiger partial charge is 0.388 e. The Hall–Kier alpha value is -1.84. The molecule has 0 aliphatic carbocycles. The molecule has 0 fully saturated rings. The Labute approximate surface area is 121 Å². The van der Waals surface area contributed by atoms with Gasteiger partial charge in [-0.05, 0) is 19.1 Å². The van der Waals surface area contributed by atoms with Gasteiger partial charge in [0, 0.05) is 18.6 Å². The van der Waals surface area contributed by atoms with Gasteiger partial charge >= 0.3 is 0 Å². The Kier molecular flexibility index (Phi) is 4.12. The van der Waals surface area contributed by atoms with Crippen molar-refractivity contribution < 1.29 is 8.42 Å². The van der Waals surface area contributed by atoms with E-state index in [2.05, 4.69) is 19.7 Å². The fourth-order valence-electron chi connectivity index (χ4n) is 1.66. The molecule has 0 radical (unpaired) electrons. The van der Waals surface area contributed by atoms with Gasteiger partial charge in [-0.1, -0.05) is 12.2 Å². The minimum Gasteiger partial charge on any atom is -0.388 e. The molecule has 4 N–H and O–H groups in total. The highest BCUT2D eigenvalue weighted by Crippen LogP contribution is 2.16. The molecule has 2 aromatic rings. The van der Waals surface area contributed by atoms with E-state index >= 15 is 0 Å². The lowest BCUT2D eigenvalue weighted by Gasteiger charge is -2.13. The van der Waals surface area contributed by atoms with Crippen LogP contribution in [0.15, 0.2) is 35.6 Å². The molecule has 1 atom stereocenters. The summed E-state index contributed by atoms with van der Waals surface area (Å²) >= 11 is 4.82. The maximum absolute atomic E-state index is 12.4. The lowest BCUT2D eigenvalue weighted by atomic mass is 10.3. The number of imidazole rings is 1. The van der Waals surface area contributed by atoms with Crippen LogP contribution in [0.25, 0.3) is 0 Å². The molecule has 106 valence electrons. The van der Waals surface area contributed by atoms with Crippen molar-refractivity contribution in [1.82, 2.24) is 19.7 Å². The first-order valence-electron chi connectivity index (χ1n) is 5.68. The smallest absolute Gasteiger partial charge is 0.243 e. The van der Waals surface area contributed by atoms with Gasteiger partial charge in [-0.2, -0.15) is 0 Å². The van der Waals surface area contributed by atoms with E-state index in [9.17, 15) is 8.42 Å². The highest BCUT2D eigenvalue weighted by molar-refractivity contribution is 7.89. The average Bonchev–Trinajstić information content (AvgIpc) is 2.92. The molecule has 0 aromatic carbocycles.